The molecule has 1 aromatic heterocycles. The van der Waals surface area contributed by atoms with Crippen molar-refractivity contribution in [2.75, 3.05) is 5.73 Å². The topological polar surface area (TPSA) is 70.1 Å². The quantitative estimate of drug-likeness (QED) is 0.857. The summed E-state index contributed by atoms with van der Waals surface area (Å²) in [4.78, 5) is 11.6. The van der Waals surface area contributed by atoms with Gasteiger partial charge < -0.3 is 10.5 Å². The number of rotatable bonds is 2. The van der Waals surface area contributed by atoms with Crippen molar-refractivity contribution in [3.8, 4) is 0 Å². The van der Waals surface area contributed by atoms with Gasteiger partial charge in [-0.3, -0.25) is 0 Å². The average Bonchev–Trinajstić information content (AvgIpc) is 2.68. The number of benzene rings is 1. The molecule has 1 aromatic carbocycles. The fraction of sp³-hybridized carbons (Fsp3) is 0.167. The van der Waals surface area contributed by atoms with Gasteiger partial charge in [0, 0.05) is 0 Å². The van der Waals surface area contributed by atoms with Crippen molar-refractivity contribution >= 4 is 11.8 Å². The zero-order chi connectivity index (χ0) is 12.3. The Morgan fingerprint density at radius 3 is 2.71 bits per heavy atom. The number of nitrogens with zero attached hydrogens (tertiary/aromatic N) is 2. The molecule has 5 nitrogen and oxygen atoms in total. The number of nitrogen functional groups attached to an aromatic ring is 1. The minimum atomic E-state index is -0.534. The molecule has 0 saturated carbocycles. The molecule has 0 atom stereocenters. The van der Waals surface area contributed by atoms with Gasteiger partial charge >= 0.3 is 6.09 Å². The number of nitrogens with two attached hydrogens (primary N) is 1. The summed E-state index contributed by atoms with van der Waals surface area (Å²) in [5, 5.41) is 3.94. The largest absolute Gasteiger partial charge is 0.443 e. The number of anilines is 1. The Kier molecular flexibility index (Phi) is 3.09. The summed E-state index contributed by atoms with van der Waals surface area (Å²) in [6.07, 6.45) is 0.913. The van der Waals surface area contributed by atoms with Crippen LogP contribution in [-0.2, 0) is 11.3 Å². The van der Waals surface area contributed by atoms with Crippen LogP contribution in [0.5, 0.6) is 0 Å². The van der Waals surface area contributed by atoms with Crippen LogP contribution in [0.1, 0.15) is 11.3 Å². The molecule has 2 aromatic rings. The van der Waals surface area contributed by atoms with Crippen molar-refractivity contribution < 1.29 is 9.53 Å². The highest BCUT2D eigenvalue weighted by Crippen LogP contribution is 2.08. The molecule has 0 bridgehead atoms. The fourth-order valence-electron chi connectivity index (χ4n) is 1.35. The Morgan fingerprint density at radius 2 is 2.12 bits per heavy atom. The second-order valence-corrected chi connectivity index (χ2v) is 3.65. The van der Waals surface area contributed by atoms with E-state index in [1.165, 1.54) is 6.20 Å². The lowest BCUT2D eigenvalue weighted by Gasteiger charge is -2.03. The number of hydrogen-bond donors (Lipinski definition) is 1. The SMILES string of the molecule is Cc1nn(C(=O)OCc2ccccc2)cc1N. The highest BCUT2D eigenvalue weighted by molar-refractivity contribution is 5.70. The van der Waals surface area contributed by atoms with Gasteiger partial charge in [-0.15, -0.1) is 0 Å². The molecule has 0 saturated heterocycles. The van der Waals surface area contributed by atoms with Gasteiger partial charge in [-0.05, 0) is 12.5 Å². The van der Waals surface area contributed by atoms with Crippen LogP contribution in [0.25, 0.3) is 0 Å². The Labute approximate surface area is 98.8 Å². The van der Waals surface area contributed by atoms with E-state index in [9.17, 15) is 4.79 Å². The van der Waals surface area contributed by atoms with E-state index in [1.54, 1.807) is 6.92 Å². The molecule has 2 N–H and O–H groups in total. The summed E-state index contributed by atoms with van der Waals surface area (Å²) in [6.45, 7) is 1.95. The standard InChI is InChI=1S/C12H13N3O2/c1-9-11(13)7-15(14-9)12(16)17-8-10-5-3-2-4-6-10/h2-7H,8,13H2,1H3. The van der Waals surface area contributed by atoms with Gasteiger partial charge in [0.15, 0.2) is 0 Å². The van der Waals surface area contributed by atoms with Gasteiger partial charge in [0.05, 0.1) is 17.6 Å². The molecule has 17 heavy (non-hydrogen) atoms. The van der Waals surface area contributed by atoms with Gasteiger partial charge in [0.2, 0.25) is 0 Å². The van der Waals surface area contributed by atoms with Crippen LogP contribution in [0.2, 0.25) is 0 Å². The minimum Gasteiger partial charge on any atom is -0.443 e. The molecule has 0 unspecified atom stereocenters. The van der Waals surface area contributed by atoms with Gasteiger partial charge in [0.1, 0.15) is 6.61 Å². The second kappa shape index (κ2) is 4.69. The molecular formula is C12H13N3O2. The summed E-state index contributed by atoms with van der Waals surface area (Å²) in [5.74, 6) is 0. The zero-order valence-electron chi connectivity index (χ0n) is 9.46. The first-order chi connectivity index (χ1) is 8.16. The Bertz CT molecular complexity index is 500. The van der Waals surface area contributed by atoms with E-state index in [4.69, 9.17) is 10.5 Å². The summed E-state index contributed by atoms with van der Waals surface area (Å²) >= 11 is 0. The average molecular weight is 231 g/mol. The first-order valence-corrected chi connectivity index (χ1v) is 5.19. The Hall–Kier alpha value is -2.30. The van der Waals surface area contributed by atoms with Crippen molar-refractivity contribution in [1.29, 1.82) is 0 Å². The lowest BCUT2D eigenvalue weighted by molar-refractivity contribution is 0.138. The Morgan fingerprint density at radius 1 is 1.41 bits per heavy atom. The number of aryl methyl sites for hydroxylation is 1. The summed E-state index contributed by atoms with van der Waals surface area (Å²) in [5.41, 5.74) is 7.61. The molecule has 0 aliphatic rings. The van der Waals surface area contributed by atoms with E-state index >= 15 is 0 Å². The molecule has 5 heteroatoms. The molecule has 88 valence electrons. The normalized spacial score (nSPS) is 10.2. The molecule has 0 amide bonds. The van der Waals surface area contributed by atoms with Crippen molar-refractivity contribution in [3.63, 3.8) is 0 Å². The highest BCUT2D eigenvalue weighted by Gasteiger charge is 2.09. The molecular weight excluding hydrogens is 218 g/mol. The summed E-state index contributed by atoms with van der Waals surface area (Å²) < 4.78 is 6.19. The smallest absolute Gasteiger partial charge is 0.435 e. The molecule has 1 heterocycles. The van der Waals surface area contributed by atoms with Crippen LogP contribution < -0.4 is 5.73 Å². The lowest BCUT2D eigenvalue weighted by Crippen LogP contribution is -2.14. The van der Waals surface area contributed by atoms with E-state index in [2.05, 4.69) is 5.10 Å². The molecule has 0 spiro atoms. The molecule has 0 fully saturated rings. The van der Waals surface area contributed by atoms with Crippen molar-refractivity contribution in [2.24, 2.45) is 0 Å². The maximum absolute atomic E-state index is 11.6. The van der Waals surface area contributed by atoms with Crippen LogP contribution >= 0.6 is 0 Å². The highest BCUT2D eigenvalue weighted by atomic mass is 16.6. The molecule has 2 rings (SSSR count). The van der Waals surface area contributed by atoms with E-state index in [0.29, 0.717) is 11.4 Å². The summed E-state index contributed by atoms with van der Waals surface area (Å²) in [7, 11) is 0. The van der Waals surface area contributed by atoms with Gasteiger partial charge in [0.25, 0.3) is 0 Å². The third-order valence-electron chi connectivity index (χ3n) is 2.33. The molecule has 0 aliphatic heterocycles. The van der Waals surface area contributed by atoms with Gasteiger partial charge in [-0.25, -0.2) is 4.79 Å². The fourth-order valence-corrected chi connectivity index (χ4v) is 1.35. The summed E-state index contributed by atoms with van der Waals surface area (Å²) in [6, 6.07) is 9.45. The van der Waals surface area contributed by atoms with Crippen molar-refractivity contribution in [1.82, 2.24) is 9.78 Å². The number of carbonyl (C=O) groups excluding carboxylic acids is 1. The van der Waals surface area contributed by atoms with Crippen LogP contribution in [0.3, 0.4) is 0 Å². The maximum Gasteiger partial charge on any atom is 0.435 e. The van der Waals surface area contributed by atoms with E-state index in [0.717, 1.165) is 10.2 Å². The van der Waals surface area contributed by atoms with E-state index < -0.39 is 6.09 Å². The minimum absolute atomic E-state index is 0.221. The first kappa shape index (κ1) is 11.2. The van der Waals surface area contributed by atoms with E-state index in [-0.39, 0.29) is 6.61 Å². The first-order valence-electron chi connectivity index (χ1n) is 5.19. The lowest BCUT2D eigenvalue weighted by atomic mass is 10.2. The number of ether oxygens (including phenoxy) is 1. The van der Waals surface area contributed by atoms with Crippen molar-refractivity contribution in [2.45, 2.75) is 13.5 Å². The Balaban J connectivity index is 1.98. The number of carbonyl (C=O) groups is 1. The van der Waals surface area contributed by atoms with Crippen molar-refractivity contribution in [3.05, 3.63) is 47.8 Å². The van der Waals surface area contributed by atoms with E-state index in [1.807, 2.05) is 30.3 Å². The molecule has 0 aliphatic carbocycles. The predicted molar refractivity (Wildman–Crippen MR) is 63.4 cm³/mol. The predicted octanol–water partition coefficient (Wildman–Crippen LogP) is 1.96. The van der Waals surface area contributed by atoms with Crippen LogP contribution in [0, 0.1) is 6.92 Å². The number of hydrogen-bond acceptors (Lipinski definition) is 4. The molecule has 0 radical (unpaired) electrons. The third kappa shape index (κ3) is 2.63. The van der Waals surface area contributed by atoms with Crippen LogP contribution in [0.4, 0.5) is 10.5 Å². The number of aromatic nitrogens is 2. The third-order valence-corrected chi connectivity index (χ3v) is 2.33. The van der Waals surface area contributed by atoms with Gasteiger partial charge in [-0.1, -0.05) is 30.3 Å². The van der Waals surface area contributed by atoms with Crippen LogP contribution in [0.15, 0.2) is 36.5 Å². The maximum atomic E-state index is 11.6. The van der Waals surface area contributed by atoms with Crippen LogP contribution in [-0.4, -0.2) is 15.9 Å². The monoisotopic (exact) mass is 231 g/mol. The van der Waals surface area contributed by atoms with Gasteiger partial charge in [-0.2, -0.15) is 9.78 Å². The second-order valence-electron chi connectivity index (χ2n) is 3.65. The zero-order valence-corrected chi connectivity index (χ0v) is 9.46.